The van der Waals surface area contributed by atoms with Crippen molar-refractivity contribution in [2.24, 2.45) is 5.92 Å². The molecule has 2 amide bonds. The average molecular weight is 410 g/mol. The van der Waals surface area contributed by atoms with E-state index in [0.717, 1.165) is 24.1 Å². The van der Waals surface area contributed by atoms with Crippen molar-refractivity contribution >= 4 is 29.3 Å². The summed E-state index contributed by atoms with van der Waals surface area (Å²) in [5.74, 6) is 1.28. The Morgan fingerprint density at radius 2 is 2.03 bits per heavy atom. The van der Waals surface area contributed by atoms with Crippen LogP contribution in [-0.4, -0.2) is 52.9 Å². The lowest BCUT2D eigenvalue weighted by atomic mass is 9.80. The molecule has 5 rings (SSSR count). The van der Waals surface area contributed by atoms with E-state index in [0.29, 0.717) is 42.0 Å². The number of aromatic nitrogens is 2. The zero-order valence-corrected chi connectivity index (χ0v) is 16.9. The highest BCUT2D eigenvalue weighted by atomic mass is 19.1. The van der Waals surface area contributed by atoms with E-state index in [-0.39, 0.29) is 30.2 Å². The Hall–Kier alpha value is -3.23. The Balaban J connectivity index is 1.19. The first-order valence-corrected chi connectivity index (χ1v) is 10.1. The van der Waals surface area contributed by atoms with Gasteiger partial charge in [0.05, 0.1) is 12.2 Å². The molecule has 1 aromatic carbocycles. The van der Waals surface area contributed by atoms with E-state index in [9.17, 15) is 14.0 Å². The maximum Gasteiger partial charge on any atom is 0.254 e. The molecule has 0 radical (unpaired) electrons. The molecular weight excluding hydrogens is 387 g/mol. The monoisotopic (exact) mass is 410 g/mol. The number of likely N-dealkylation sites (N-methyl/N-ethyl adjacent to an activating group) is 1. The van der Waals surface area contributed by atoms with E-state index in [4.69, 9.17) is 0 Å². The summed E-state index contributed by atoms with van der Waals surface area (Å²) >= 11 is 0. The lowest BCUT2D eigenvalue weighted by molar-refractivity contribution is -0.115. The van der Waals surface area contributed by atoms with Crippen molar-refractivity contribution in [3.05, 3.63) is 40.8 Å². The summed E-state index contributed by atoms with van der Waals surface area (Å²) in [6.07, 6.45) is 1.83. The van der Waals surface area contributed by atoms with E-state index >= 15 is 0 Å². The maximum atomic E-state index is 13.4. The number of halogens is 1. The number of carbonyl (C=O) groups excluding carboxylic acids is 2. The zero-order chi connectivity index (χ0) is 21.0. The lowest BCUT2D eigenvalue weighted by Crippen LogP contribution is -2.43. The number of hydrogen-bond acceptors (Lipinski definition) is 6. The van der Waals surface area contributed by atoms with Crippen molar-refractivity contribution in [3.63, 3.8) is 0 Å². The molecule has 2 aromatic rings. The van der Waals surface area contributed by atoms with Crippen LogP contribution in [0.25, 0.3) is 0 Å². The largest absolute Gasteiger partial charge is 0.351 e. The molecule has 8 nitrogen and oxygen atoms in total. The first kappa shape index (κ1) is 18.8. The average Bonchev–Trinajstić information content (AvgIpc) is 2.96. The van der Waals surface area contributed by atoms with Gasteiger partial charge in [-0.15, -0.1) is 0 Å². The van der Waals surface area contributed by atoms with Crippen LogP contribution in [0.5, 0.6) is 0 Å². The normalized spacial score (nSPS) is 22.4. The summed E-state index contributed by atoms with van der Waals surface area (Å²) in [5, 5.41) is 6.21. The van der Waals surface area contributed by atoms with Crippen LogP contribution < -0.4 is 15.5 Å². The standard InChI is InChI=1S/C21H23FN6O2/c1-11-18-19(27(2)10-17(29)25-18)26-21(23-11)24-15-5-12(6-15)8-28-9-13-7-14(22)3-4-16(13)20(28)30/h3-4,7,12,15H,5-6,8-10H2,1-2H3,(H,25,29)(H,23,24,26). The molecule has 3 aliphatic rings. The second-order valence-electron chi connectivity index (χ2n) is 8.40. The molecule has 2 aliphatic heterocycles. The van der Waals surface area contributed by atoms with Crippen molar-refractivity contribution < 1.29 is 14.0 Å². The molecule has 0 atom stereocenters. The second kappa shape index (κ2) is 6.93. The van der Waals surface area contributed by atoms with Crippen LogP contribution in [0, 0.1) is 18.7 Å². The molecule has 30 heavy (non-hydrogen) atoms. The summed E-state index contributed by atoms with van der Waals surface area (Å²) in [6, 6.07) is 4.61. The lowest BCUT2D eigenvalue weighted by Gasteiger charge is -2.38. The third-order valence-corrected chi connectivity index (χ3v) is 6.07. The van der Waals surface area contributed by atoms with Gasteiger partial charge in [0, 0.05) is 31.7 Å². The van der Waals surface area contributed by atoms with Crippen LogP contribution in [0.3, 0.4) is 0 Å². The highest BCUT2D eigenvalue weighted by Gasteiger charge is 2.35. The summed E-state index contributed by atoms with van der Waals surface area (Å²) in [5.41, 5.74) is 2.77. The smallest absolute Gasteiger partial charge is 0.254 e. The first-order chi connectivity index (χ1) is 14.4. The molecular formula is C21H23FN6O2. The van der Waals surface area contributed by atoms with Gasteiger partial charge in [-0.2, -0.15) is 4.98 Å². The first-order valence-electron chi connectivity index (χ1n) is 10.1. The highest BCUT2D eigenvalue weighted by Crippen LogP contribution is 2.35. The Kier molecular flexibility index (Phi) is 4.34. The van der Waals surface area contributed by atoms with Gasteiger partial charge in [-0.3, -0.25) is 9.59 Å². The fourth-order valence-corrected chi connectivity index (χ4v) is 4.51. The molecule has 0 spiro atoms. The van der Waals surface area contributed by atoms with E-state index in [1.807, 2.05) is 23.8 Å². The van der Waals surface area contributed by atoms with Crippen LogP contribution >= 0.6 is 0 Å². The molecule has 9 heteroatoms. The van der Waals surface area contributed by atoms with Crippen LogP contribution in [0.1, 0.15) is 34.5 Å². The van der Waals surface area contributed by atoms with Gasteiger partial charge in [-0.25, -0.2) is 9.37 Å². The van der Waals surface area contributed by atoms with Crippen molar-refractivity contribution in [1.82, 2.24) is 14.9 Å². The number of rotatable bonds is 4. The van der Waals surface area contributed by atoms with Gasteiger partial charge < -0.3 is 20.4 Å². The quantitative estimate of drug-likeness (QED) is 0.803. The van der Waals surface area contributed by atoms with Gasteiger partial charge in [0.25, 0.3) is 5.91 Å². The number of nitrogens with one attached hydrogen (secondary N) is 2. The summed E-state index contributed by atoms with van der Waals surface area (Å²) in [6.45, 7) is 3.27. The Morgan fingerprint density at radius 1 is 1.23 bits per heavy atom. The molecule has 0 bridgehead atoms. The van der Waals surface area contributed by atoms with Gasteiger partial charge >= 0.3 is 0 Å². The third-order valence-electron chi connectivity index (χ3n) is 6.07. The van der Waals surface area contributed by atoms with Gasteiger partial charge in [0.2, 0.25) is 11.9 Å². The van der Waals surface area contributed by atoms with Crippen molar-refractivity contribution in [3.8, 4) is 0 Å². The minimum Gasteiger partial charge on any atom is -0.351 e. The Morgan fingerprint density at radius 3 is 2.83 bits per heavy atom. The van der Waals surface area contributed by atoms with Crippen molar-refractivity contribution in [2.75, 3.05) is 35.7 Å². The Bertz CT molecular complexity index is 1050. The van der Waals surface area contributed by atoms with Crippen LogP contribution in [0.15, 0.2) is 18.2 Å². The topological polar surface area (TPSA) is 90.5 Å². The minimum absolute atomic E-state index is 0.0138. The fourth-order valence-electron chi connectivity index (χ4n) is 4.51. The highest BCUT2D eigenvalue weighted by molar-refractivity contribution is 6.01. The molecule has 0 unspecified atom stereocenters. The van der Waals surface area contributed by atoms with Crippen LogP contribution in [0.4, 0.5) is 21.8 Å². The number of fused-ring (bicyclic) bond motifs is 2. The molecule has 1 aromatic heterocycles. The fraction of sp³-hybridized carbons (Fsp3) is 0.429. The summed E-state index contributed by atoms with van der Waals surface area (Å²) < 4.78 is 13.4. The number of hydrogen-bond donors (Lipinski definition) is 2. The predicted molar refractivity (Wildman–Crippen MR) is 110 cm³/mol. The number of anilines is 3. The second-order valence-corrected chi connectivity index (χ2v) is 8.40. The van der Waals surface area contributed by atoms with Crippen LogP contribution in [0.2, 0.25) is 0 Å². The number of carbonyl (C=O) groups is 2. The van der Waals surface area contributed by atoms with Gasteiger partial charge in [0.15, 0.2) is 5.82 Å². The predicted octanol–water partition coefficient (Wildman–Crippen LogP) is 2.16. The summed E-state index contributed by atoms with van der Waals surface area (Å²) in [7, 11) is 1.84. The van der Waals surface area contributed by atoms with Crippen molar-refractivity contribution in [1.29, 1.82) is 0 Å². The number of amides is 2. The third kappa shape index (κ3) is 3.24. The molecule has 3 heterocycles. The molecule has 2 N–H and O–H groups in total. The number of aryl methyl sites for hydroxylation is 1. The van der Waals surface area contributed by atoms with E-state index in [2.05, 4.69) is 20.6 Å². The van der Waals surface area contributed by atoms with Gasteiger partial charge in [0.1, 0.15) is 11.5 Å². The molecule has 0 saturated heterocycles. The minimum atomic E-state index is -0.304. The van der Waals surface area contributed by atoms with E-state index < -0.39 is 0 Å². The zero-order valence-electron chi connectivity index (χ0n) is 16.9. The SMILES string of the molecule is Cc1nc(NC2CC(CN3Cc4cc(F)ccc4C3=O)C2)nc2c1NC(=O)CN2C. The molecule has 1 fully saturated rings. The molecule has 1 saturated carbocycles. The maximum absolute atomic E-state index is 13.4. The number of benzene rings is 1. The van der Waals surface area contributed by atoms with Crippen LogP contribution in [-0.2, 0) is 11.3 Å². The summed E-state index contributed by atoms with van der Waals surface area (Å²) in [4.78, 5) is 36.9. The number of nitrogens with zero attached hydrogens (tertiary/aromatic N) is 4. The van der Waals surface area contributed by atoms with Crippen molar-refractivity contribution in [2.45, 2.75) is 32.4 Å². The molecule has 156 valence electrons. The van der Waals surface area contributed by atoms with E-state index in [1.165, 1.54) is 12.1 Å². The molecule has 1 aliphatic carbocycles. The van der Waals surface area contributed by atoms with E-state index in [1.54, 1.807) is 6.07 Å². The Labute approximate surface area is 173 Å². The van der Waals surface area contributed by atoms with Gasteiger partial charge in [-0.05, 0) is 49.4 Å². The van der Waals surface area contributed by atoms with Gasteiger partial charge in [-0.1, -0.05) is 0 Å².